The van der Waals surface area contributed by atoms with Crippen LogP contribution in [0.5, 0.6) is 0 Å². The summed E-state index contributed by atoms with van der Waals surface area (Å²) in [6.45, 7) is 0.775. The molecular formula is C19H24N2O4. The van der Waals surface area contributed by atoms with Gasteiger partial charge in [-0.3, -0.25) is 14.4 Å². The van der Waals surface area contributed by atoms with Gasteiger partial charge in [-0.1, -0.05) is 12.1 Å². The lowest BCUT2D eigenvalue weighted by Gasteiger charge is -2.32. The summed E-state index contributed by atoms with van der Waals surface area (Å²) in [5.41, 5.74) is 3.02. The molecule has 1 aliphatic carbocycles. The lowest BCUT2D eigenvalue weighted by atomic mass is 9.98. The van der Waals surface area contributed by atoms with Crippen molar-refractivity contribution >= 4 is 17.8 Å². The zero-order valence-electron chi connectivity index (χ0n) is 14.5. The van der Waals surface area contributed by atoms with Gasteiger partial charge in [0.05, 0.1) is 12.5 Å². The number of likely N-dealkylation sites (tertiary alicyclic amines) is 1. The number of piperidine rings is 1. The second-order valence-electron chi connectivity index (χ2n) is 6.98. The van der Waals surface area contributed by atoms with Crippen molar-refractivity contribution in [1.29, 1.82) is 0 Å². The fraction of sp³-hybridized carbons (Fsp3) is 0.526. The second-order valence-corrected chi connectivity index (χ2v) is 6.98. The molecule has 1 N–H and O–H groups in total. The summed E-state index contributed by atoms with van der Waals surface area (Å²) in [7, 11) is 1.63. The van der Waals surface area contributed by atoms with Gasteiger partial charge in [-0.15, -0.1) is 0 Å². The van der Waals surface area contributed by atoms with Crippen LogP contribution < -0.4 is 0 Å². The molecule has 1 fully saturated rings. The van der Waals surface area contributed by atoms with Crippen LogP contribution in [0.4, 0.5) is 0 Å². The molecule has 0 spiro atoms. The molecule has 25 heavy (non-hydrogen) atoms. The number of nitrogens with zero attached hydrogens (tertiary/aromatic N) is 2. The average molecular weight is 344 g/mol. The summed E-state index contributed by atoms with van der Waals surface area (Å²) in [5.74, 6) is -1.69. The van der Waals surface area contributed by atoms with Crippen LogP contribution >= 0.6 is 0 Å². The largest absolute Gasteiger partial charge is 0.481 e. The fourth-order valence-electron chi connectivity index (χ4n) is 3.81. The summed E-state index contributed by atoms with van der Waals surface area (Å²) >= 11 is 0. The van der Waals surface area contributed by atoms with Gasteiger partial charge in [0.15, 0.2) is 0 Å². The molecule has 0 bridgehead atoms. The molecule has 1 aliphatic heterocycles. The van der Waals surface area contributed by atoms with Gasteiger partial charge in [0, 0.05) is 25.7 Å². The Labute approximate surface area is 147 Å². The van der Waals surface area contributed by atoms with Crippen molar-refractivity contribution < 1.29 is 19.5 Å². The third kappa shape index (κ3) is 3.67. The van der Waals surface area contributed by atoms with Crippen molar-refractivity contribution in [3.05, 3.63) is 34.9 Å². The van der Waals surface area contributed by atoms with Crippen molar-refractivity contribution in [2.45, 2.75) is 32.1 Å². The zero-order valence-corrected chi connectivity index (χ0v) is 14.5. The summed E-state index contributed by atoms with van der Waals surface area (Å²) in [4.78, 5) is 39.4. The quantitative estimate of drug-likeness (QED) is 0.899. The Kier molecular flexibility index (Phi) is 5.06. The van der Waals surface area contributed by atoms with Crippen molar-refractivity contribution in [3.63, 3.8) is 0 Å². The SMILES string of the molecule is CN(CC(=O)N1CCC[C@H](C(=O)O)C1)C(=O)c1cccc2c1CCC2. The molecule has 6 heteroatoms. The fourth-order valence-corrected chi connectivity index (χ4v) is 3.81. The van der Waals surface area contributed by atoms with E-state index in [1.807, 2.05) is 12.1 Å². The van der Waals surface area contributed by atoms with Crippen LogP contribution in [0, 0.1) is 5.92 Å². The Bertz CT molecular complexity index is 701. The highest BCUT2D eigenvalue weighted by Crippen LogP contribution is 2.26. The highest BCUT2D eigenvalue weighted by molar-refractivity contribution is 5.98. The van der Waals surface area contributed by atoms with E-state index in [9.17, 15) is 14.4 Å². The number of amides is 2. The molecule has 1 aromatic rings. The highest BCUT2D eigenvalue weighted by atomic mass is 16.4. The first-order valence-corrected chi connectivity index (χ1v) is 8.84. The molecule has 1 saturated heterocycles. The van der Waals surface area contributed by atoms with E-state index in [0.717, 1.165) is 24.8 Å². The van der Waals surface area contributed by atoms with Crippen LogP contribution in [-0.4, -0.2) is 59.4 Å². The van der Waals surface area contributed by atoms with E-state index in [1.165, 1.54) is 10.5 Å². The lowest BCUT2D eigenvalue weighted by molar-refractivity contribution is -0.145. The number of aliphatic carboxylic acids is 1. The topological polar surface area (TPSA) is 77.9 Å². The number of hydrogen-bond acceptors (Lipinski definition) is 3. The third-order valence-corrected chi connectivity index (χ3v) is 5.22. The first-order chi connectivity index (χ1) is 12.0. The van der Waals surface area contributed by atoms with Crippen LogP contribution in [0.2, 0.25) is 0 Å². The molecule has 3 rings (SSSR count). The summed E-state index contributed by atoms with van der Waals surface area (Å²) in [6.07, 6.45) is 4.26. The van der Waals surface area contributed by atoms with Crippen molar-refractivity contribution in [2.75, 3.05) is 26.7 Å². The highest BCUT2D eigenvalue weighted by Gasteiger charge is 2.29. The molecule has 134 valence electrons. The molecule has 0 saturated carbocycles. The Balaban J connectivity index is 1.65. The lowest BCUT2D eigenvalue weighted by Crippen LogP contribution is -2.47. The first kappa shape index (κ1) is 17.5. The van der Waals surface area contributed by atoms with Crippen LogP contribution in [0.15, 0.2) is 18.2 Å². The molecule has 6 nitrogen and oxygen atoms in total. The number of fused-ring (bicyclic) bond motifs is 1. The minimum atomic E-state index is -0.859. The number of carbonyl (C=O) groups excluding carboxylic acids is 2. The van der Waals surface area contributed by atoms with Gasteiger partial charge in [0.25, 0.3) is 5.91 Å². The van der Waals surface area contributed by atoms with Gasteiger partial charge < -0.3 is 14.9 Å². The van der Waals surface area contributed by atoms with Gasteiger partial charge >= 0.3 is 5.97 Å². The summed E-state index contributed by atoms with van der Waals surface area (Å²) in [6, 6.07) is 5.79. The molecule has 0 radical (unpaired) electrons. The van der Waals surface area contributed by atoms with Gasteiger partial charge in [0.1, 0.15) is 0 Å². The van der Waals surface area contributed by atoms with Crippen LogP contribution in [-0.2, 0) is 22.4 Å². The Morgan fingerprint density at radius 2 is 2.04 bits per heavy atom. The minimum absolute atomic E-state index is 0.0190. The Hall–Kier alpha value is -2.37. The normalized spacial score (nSPS) is 19.4. The van der Waals surface area contributed by atoms with Crippen molar-refractivity contribution in [3.8, 4) is 0 Å². The second kappa shape index (κ2) is 7.25. The van der Waals surface area contributed by atoms with Gasteiger partial charge in [-0.25, -0.2) is 0 Å². The smallest absolute Gasteiger partial charge is 0.308 e. The first-order valence-electron chi connectivity index (χ1n) is 8.84. The standard InChI is InChI=1S/C19H24N2O4/c1-20(12-17(22)21-10-4-7-14(11-21)19(24)25)18(23)16-9-3-6-13-5-2-8-15(13)16/h3,6,9,14H,2,4-5,7-8,10-12H2,1H3,(H,24,25)/t14-/m0/s1. The van der Waals surface area contributed by atoms with Crippen LogP contribution in [0.3, 0.4) is 0 Å². The monoisotopic (exact) mass is 344 g/mol. The number of hydrogen-bond donors (Lipinski definition) is 1. The summed E-state index contributed by atoms with van der Waals surface area (Å²) < 4.78 is 0. The number of rotatable bonds is 4. The Morgan fingerprint density at radius 3 is 2.80 bits per heavy atom. The van der Waals surface area contributed by atoms with Gasteiger partial charge in [-0.2, -0.15) is 0 Å². The van der Waals surface area contributed by atoms with Crippen molar-refractivity contribution in [2.24, 2.45) is 5.92 Å². The van der Waals surface area contributed by atoms with Crippen LogP contribution in [0.25, 0.3) is 0 Å². The van der Waals surface area contributed by atoms with E-state index in [-0.39, 0.29) is 24.9 Å². The third-order valence-electron chi connectivity index (χ3n) is 5.22. The van der Waals surface area contributed by atoms with E-state index < -0.39 is 11.9 Å². The van der Waals surface area contributed by atoms with E-state index in [4.69, 9.17) is 5.11 Å². The Morgan fingerprint density at radius 1 is 1.24 bits per heavy atom. The molecule has 1 atom stereocenters. The maximum absolute atomic E-state index is 12.8. The number of carbonyl (C=O) groups is 3. The molecular weight excluding hydrogens is 320 g/mol. The number of benzene rings is 1. The van der Waals surface area contributed by atoms with E-state index in [1.54, 1.807) is 11.9 Å². The van der Waals surface area contributed by atoms with Gasteiger partial charge in [-0.05, 0) is 49.3 Å². The number of carboxylic acids is 1. The predicted molar refractivity (Wildman–Crippen MR) is 92.4 cm³/mol. The van der Waals surface area contributed by atoms with Gasteiger partial charge in [0.2, 0.25) is 5.91 Å². The molecule has 0 unspecified atom stereocenters. The maximum Gasteiger partial charge on any atom is 0.308 e. The number of carboxylic acid groups (broad SMARTS) is 1. The molecule has 2 amide bonds. The summed E-state index contributed by atoms with van der Waals surface area (Å²) in [5, 5.41) is 9.14. The predicted octanol–water partition coefficient (Wildman–Crippen LogP) is 1.57. The number of likely N-dealkylation sites (N-methyl/N-ethyl adjacent to an activating group) is 1. The molecule has 2 aliphatic rings. The minimum Gasteiger partial charge on any atom is -0.481 e. The van der Waals surface area contributed by atoms with E-state index in [2.05, 4.69) is 6.07 Å². The average Bonchev–Trinajstić information content (AvgIpc) is 3.09. The van der Waals surface area contributed by atoms with E-state index in [0.29, 0.717) is 24.9 Å². The molecule has 1 heterocycles. The maximum atomic E-state index is 12.8. The molecule has 0 aromatic heterocycles. The van der Waals surface area contributed by atoms with Crippen molar-refractivity contribution in [1.82, 2.24) is 9.80 Å². The van der Waals surface area contributed by atoms with Crippen LogP contribution in [0.1, 0.15) is 40.7 Å². The molecule has 1 aromatic carbocycles. The zero-order chi connectivity index (χ0) is 18.0. The van der Waals surface area contributed by atoms with E-state index >= 15 is 0 Å². The number of aryl methyl sites for hydroxylation is 1.